The molecule has 1 aliphatic rings. The molecule has 0 radical (unpaired) electrons. The van der Waals surface area contributed by atoms with E-state index in [4.69, 9.17) is 0 Å². The van der Waals surface area contributed by atoms with Crippen molar-refractivity contribution in [1.29, 1.82) is 0 Å². The van der Waals surface area contributed by atoms with Crippen LogP contribution in [0, 0.1) is 12.3 Å². The number of nitrogens with zero attached hydrogens (tertiary/aromatic N) is 3. The third-order valence-corrected chi connectivity index (χ3v) is 6.55. The van der Waals surface area contributed by atoms with Crippen molar-refractivity contribution < 1.29 is 28.2 Å². The highest BCUT2D eigenvalue weighted by molar-refractivity contribution is 5.74. The summed E-state index contributed by atoms with van der Waals surface area (Å²) in [5.74, 6) is -1.03. The predicted molar refractivity (Wildman–Crippen MR) is 123 cm³/mol. The summed E-state index contributed by atoms with van der Waals surface area (Å²) in [6, 6.07) is 9.76. The highest BCUT2D eigenvalue weighted by Gasteiger charge is 2.44. The van der Waals surface area contributed by atoms with E-state index in [2.05, 4.69) is 20.3 Å². The van der Waals surface area contributed by atoms with E-state index in [-0.39, 0.29) is 5.95 Å². The molecular weight excluding hydrogens is 461 g/mol. The number of pyridine rings is 1. The van der Waals surface area contributed by atoms with Crippen molar-refractivity contribution in [3.05, 3.63) is 65.7 Å². The van der Waals surface area contributed by atoms with Crippen LogP contribution in [0.15, 0.2) is 48.8 Å². The zero-order chi connectivity index (χ0) is 25.4. The van der Waals surface area contributed by atoms with Gasteiger partial charge >= 0.3 is 12.1 Å². The Kier molecular flexibility index (Phi) is 6.27. The Bertz CT molecular complexity index is 1240. The molecule has 10 heteroatoms. The molecule has 2 aromatic heterocycles. The van der Waals surface area contributed by atoms with Crippen molar-refractivity contribution in [2.75, 3.05) is 5.32 Å². The van der Waals surface area contributed by atoms with E-state index in [9.17, 15) is 28.2 Å². The van der Waals surface area contributed by atoms with Crippen molar-refractivity contribution in [2.45, 2.75) is 51.3 Å². The summed E-state index contributed by atoms with van der Waals surface area (Å²) in [7, 11) is 0. The van der Waals surface area contributed by atoms with E-state index in [0.29, 0.717) is 37.1 Å². The average Bonchev–Trinajstić information content (AvgIpc) is 2.80. The Morgan fingerprint density at radius 3 is 2.34 bits per heavy atom. The van der Waals surface area contributed by atoms with Gasteiger partial charge in [-0.25, -0.2) is 9.97 Å². The molecule has 7 nitrogen and oxygen atoms in total. The van der Waals surface area contributed by atoms with Crippen LogP contribution in [0.1, 0.15) is 49.6 Å². The van der Waals surface area contributed by atoms with Gasteiger partial charge in [0.15, 0.2) is 0 Å². The summed E-state index contributed by atoms with van der Waals surface area (Å²) in [5.41, 5.74) is 0.313. The number of halogens is 3. The van der Waals surface area contributed by atoms with Gasteiger partial charge < -0.3 is 15.5 Å². The van der Waals surface area contributed by atoms with Crippen LogP contribution >= 0.6 is 0 Å². The molecule has 1 aliphatic carbocycles. The molecule has 3 aromatic rings. The summed E-state index contributed by atoms with van der Waals surface area (Å²) >= 11 is 0. The number of alkyl halides is 3. The van der Waals surface area contributed by atoms with E-state index in [1.807, 2.05) is 19.1 Å². The standard InChI is InChI=1S/C25H25F3N4O3/c1-15-11-17(13-18(12-15)31-22-29-10-5-20(32-22)25(26,27)28)16-3-4-19(30-14-16)24(35)8-6-23(2,7-9-24)21(33)34/h3-5,10-14,35H,6-9H2,1-2H3,(H,33,34)(H,29,31,32). The number of aromatic nitrogens is 3. The Morgan fingerprint density at radius 2 is 1.74 bits per heavy atom. The number of benzene rings is 1. The van der Waals surface area contributed by atoms with Crippen LogP contribution in [0.3, 0.4) is 0 Å². The lowest BCUT2D eigenvalue weighted by atomic mass is 9.69. The summed E-state index contributed by atoms with van der Waals surface area (Å²) in [6.45, 7) is 3.55. The largest absolute Gasteiger partial charge is 0.481 e. The van der Waals surface area contributed by atoms with Gasteiger partial charge in [0.25, 0.3) is 0 Å². The van der Waals surface area contributed by atoms with Crippen LogP contribution < -0.4 is 5.32 Å². The van der Waals surface area contributed by atoms with Crippen molar-refractivity contribution in [2.24, 2.45) is 5.41 Å². The van der Waals surface area contributed by atoms with Crippen LogP contribution in [-0.2, 0) is 16.6 Å². The van der Waals surface area contributed by atoms with Gasteiger partial charge in [0, 0.05) is 23.6 Å². The molecule has 0 unspecified atom stereocenters. The third-order valence-electron chi connectivity index (χ3n) is 6.55. The van der Waals surface area contributed by atoms with E-state index in [0.717, 1.165) is 29.0 Å². The van der Waals surface area contributed by atoms with Gasteiger partial charge in [-0.2, -0.15) is 13.2 Å². The lowest BCUT2D eigenvalue weighted by Crippen LogP contribution is -2.40. The first-order valence-corrected chi connectivity index (χ1v) is 11.1. The Labute approximate surface area is 200 Å². The number of aryl methyl sites for hydroxylation is 1. The molecule has 35 heavy (non-hydrogen) atoms. The number of hydrogen-bond donors (Lipinski definition) is 3. The third kappa shape index (κ3) is 5.27. The van der Waals surface area contributed by atoms with E-state index < -0.39 is 28.9 Å². The Morgan fingerprint density at radius 1 is 1.03 bits per heavy atom. The maximum Gasteiger partial charge on any atom is 0.433 e. The smallest absolute Gasteiger partial charge is 0.433 e. The number of aliphatic hydroxyl groups is 1. The highest BCUT2D eigenvalue weighted by Crippen LogP contribution is 2.45. The molecule has 0 saturated heterocycles. The number of rotatable bonds is 5. The van der Waals surface area contributed by atoms with Crippen molar-refractivity contribution in [3.63, 3.8) is 0 Å². The number of nitrogens with one attached hydrogen (secondary N) is 1. The highest BCUT2D eigenvalue weighted by atomic mass is 19.4. The molecule has 0 bridgehead atoms. The van der Waals surface area contributed by atoms with Crippen LogP contribution in [0.4, 0.5) is 24.8 Å². The lowest BCUT2D eigenvalue weighted by molar-refractivity contribution is -0.153. The lowest BCUT2D eigenvalue weighted by Gasteiger charge is -2.39. The Balaban J connectivity index is 1.54. The molecule has 3 N–H and O–H groups in total. The van der Waals surface area contributed by atoms with E-state index >= 15 is 0 Å². The molecule has 0 amide bonds. The summed E-state index contributed by atoms with van der Waals surface area (Å²) in [5, 5.41) is 23.3. The van der Waals surface area contributed by atoms with Crippen LogP contribution in [0.25, 0.3) is 11.1 Å². The predicted octanol–water partition coefficient (Wildman–Crippen LogP) is 5.46. The van der Waals surface area contributed by atoms with Crippen molar-refractivity contribution in [3.8, 4) is 11.1 Å². The second-order valence-corrected chi connectivity index (χ2v) is 9.31. The number of aliphatic carboxylic acids is 1. The van der Waals surface area contributed by atoms with Crippen LogP contribution in [0.2, 0.25) is 0 Å². The molecule has 0 atom stereocenters. The average molecular weight is 486 g/mol. The fourth-order valence-electron chi connectivity index (χ4n) is 4.25. The van der Waals surface area contributed by atoms with Gasteiger partial charge in [0.2, 0.25) is 5.95 Å². The number of anilines is 2. The maximum absolute atomic E-state index is 13.0. The van der Waals surface area contributed by atoms with Gasteiger partial charge in [-0.3, -0.25) is 9.78 Å². The second-order valence-electron chi connectivity index (χ2n) is 9.31. The molecule has 2 heterocycles. The number of carboxylic acid groups (broad SMARTS) is 1. The van der Waals surface area contributed by atoms with Gasteiger partial charge in [-0.15, -0.1) is 0 Å². The zero-order valence-corrected chi connectivity index (χ0v) is 19.2. The zero-order valence-electron chi connectivity index (χ0n) is 19.2. The van der Waals surface area contributed by atoms with Gasteiger partial charge in [-0.1, -0.05) is 12.1 Å². The van der Waals surface area contributed by atoms with Gasteiger partial charge in [0.1, 0.15) is 11.3 Å². The Hall–Kier alpha value is -3.53. The first-order chi connectivity index (χ1) is 16.4. The number of carbonyl (C=O) groups is 1. The molecule has 0 spiro atoms. The molecule has 1 fully saturated rings. The van der Waals surface area contributed by atoms with E-state index in [1.165, 1.54) is 0 Å². The quantitative estimate of drug-likeness (QED) is 0.439. The second kappa shape index (κ2) is 8.92. The van der Waals surface area contributed by atoms with Crippen molar-refractivity contribution in [1.82, 2.24) is 15.0 Å². The minimum Gasteiger partial charge on any atom is -0.481 e. The monoisotopic (exact) mass is 486 g/mol. The summed E-state index contributed by atoms with van der Waals surface area (Å²) in [4.78, 5) is 23.4. The van der Waals surface area contributed by atoms with Crippen LogP contribution in [-0.4, -0.2) is 31.1 Å². The van der Waals surface area contributed by atoms with Gasteiger partial charge in [0.05, 0.1) is 11.1 Å². The minimum atomic E-state index is -4.57. The topological polar surface area (TPSA) is 108 Å². The number of carboxylic acids is 1. The van der Waals surface area contributed by atoms with Crippen molar-refractivity contribution >= 4 is 17.6 Å². The maximum atomic E-state index is 13.0. The normalized spacial score (nSPS) is 22.6. The molecule has 1 saturated carbocycles. The fourth-order valence-corrected chi connectivity index (χ4v) is 4.25. The molecular formula is C25H25F3N4O3. The molecule has 184 valence electrons. The van der Waals surface area contributed by atoms with Crippen LogP contribution in [0.5, 0.6) is 0 Å². The molecule has 1 aromatic carbocycles. The fraction of sp³-hybridized carbons (Fsp3) is 0.360. The SMILES string of the molecule is Cc1cc(Nc2nccc(C(F)(F)F)n2)cc(-c2ccc(C3(O)CCC(C)(C(=O)O)CC3)nc2)c1. The summed E-state index contributed by atoms with van der Waals surface area (Å²) < 4.78 is 38.9. The minimum absolute atomic E-state index is 0.169. The first kappa shape index (κ1) is 24.6. The molecule has 0 aliphatic heterocycles. The number of hydrogen-bond acceptors (Lipinski definition) is 6. The first-order valence-electron chi connectivity index (χ1n) is 11.1. The molecule has 4 rings (SSSR count). The van der Waals surface area contributed by atoms with E-state index in [1.54, 1.807) is 31.3 Å². The van der Waals surface area contributed by atoms with Gasteiger partial charge in [-0.05, 0) is 74.9 Å². The summed E-state index contributed by atoms with van der Waals surface area (Å²) in [6.07, 6.45) is -0.585.